The van der Waals surface area contributed by atoms with Gasteiger partial charge in [0.05, 0.1) is 13.1 Å². The number of alkyl halides is 3. The van der Waals surface area contributed by atoms with Gasteiger partial charge in [-0.05, 0) is 20.8 Å². The molecule has 2 rings (SSSR count). The fraction of sp³-hybridized carbons (Fsp3) is 0.833. The minimum Gasteiger partial charge on any atom is -0.444 e. The van der Waals surface area contributed by atoms with E-state index in [-0.39, 0.29) is 32.0 Å². The van der Waals surface area contributed by atoms with Crippen LogP contribution < -0.4 is 5.32 Å². The minimum atomic E-state index is -4.47. The number of halogens is 3. The Labute approximate surface area is 120 Å². The van der Waals surface area contributed by atoms with Gasteiger partial charge in [-0.1, -0.05) is 0 Å². The van der Waals surface area contributed by atoms with Crippen LogP contribution in [0.4, 0.5) is 18.0 Å². The summed E-state index contributed by atoms with van der Waals surface area (Å²) >= 11 is 0. The standard InChI is InChI=1S/C8H13NO3.C4H6F3NO/c1-8(2,3)12-7(11)9-4-6(10)5-9;5-4(6,7)3(9)1-8-2-3/h4-5H2,1-3H3;8-9H,1-2H2. The number of nitrogens with zero attached hydrogens (tertiary/aromatic N) is 1. The average molecular weight is 312 g/mol. The highest BCUT2D eigenvalue weighted by Crippen LogP contribution is 2.32. The van der Waals surface area contributed by atoms with Crippen LogP contribution in [0.25, 0.3) is 0 Å². The summed E-state index contributed by atoms with van der Waals surface area (Å²) in [6.45, 7) is 5.04. The molecule has 0 aromatic heterocycles. The van der Waals surface area contributed by atoms with Crippen LogP contribution in [-0.4, -0.2) is 65.4 Å². The van der Waals surface area contributed by atoms with Gasteiger partial charge in [0.15, 0.2) is 11.4 Å². The number of hydrogen-bond acceptors (Lipinski definition) is 5. The van der Waals surface area contributed by atoms with E-state index in [2.05, 4.69) is 5.32 Å². The van der Waals surface area contributed by atoms with E-state index < -0.39 is 23.5 Å². The van der Waals surface area contributed by atoms with Gasteiger partial charge in [-0.3, -0.25) is 9.69 Å². The number of likely N-dealkylation sites (tertiary alicyclic amines) is 1. The number of carbonyl (C=O) groups excluding carboxylic acids is 2. The van der Waals surface area contributed by atoms with Crippen LogP contribution in [0.5, 0.6) is 0 Å². The van der Waals surface area contributed by atoms with Gasteiger partial charge in [0.1, 0.15) is 5.60 Å². The number of amides is 1. The molecule has 2 aliphatic rings. The molecular weight excluding hydrogens is 293 g/mol. The minimum absolute atomic E-state index is 0.0841. The first-order chi connectivity index (χ1) is 9.34. The second kappa shape index (κ2) is 5.80. The van der Waals surface area contributed by atoms with Crippen molar-refractivity contribution in [1.82, 2.24) is 10.2 Å². The van der Waals surface area contributed by atoms with Crippen molar-refractivity contribution >= 4 is 11.9 Å². The molecule has 2 heterocycles. The molecule has 2 fully saturated rings. The largest absolute Gasteiger partial charge is 0.444 e. The van der Waals surface area contributed by atoms with Crippen molar-refractivity contribution in [2.45, 2.75) is 38.1 Å². The summed E-state index contributed by atoms with van der Waals surface area (Å²) in [5.41, 5.74) is -2.93. The van der Waals surface area contributed by atoms with Crippen molar-refractivity contribution < 1.29 is 32.6 Å². The first kappa shape index (κ1) is 17.7. The molecule has 0 spiro atoms. The van der Waals surface area contributed by atoms with Gasteiger partial charge < -0.3 is 15.2 Å². The van der Waals surface area contributed by atoms with Gasteiger partial charge in [-0.15, -0.1) is 0 Å². The van der Waals surface area contributed by atoms with Crippen LogP contribution in [-0.2, 0) is 9.53 Å². The van der Waals surface area contributed by atoms with E-state index >= 15 is 0 Å². The second-order valence-electron chi connectivity index (χ2n) is 6.01. The third-order valence-electron chi connectivity index (χ3n) is 2.75. The number of β-amino-alcohol motifs (C(OH)–C–C–N with tert-alkyl or cyclic N) is 1. The number of ether oxygens (including phenoxy) is 1. The Hall–Kier alpha value is -1.35. The molecule has 0 atom stereocenters. The number of ketones is 1. The predicted molar refractivity (Wildman–Crippen MR) is 66.7 cm³/mol. The number of aliphatic hydroxyl groups is 1. The van der Waals surface area contributed by atoms with Gasteiger partial charge in [0, 0.05) is 13.1 Å². The molecule has 2 N–H and O–H groups in total. The average Bonchev–Trinajstić information content (AvgIpc) is 2.18. The molecule has 21 heavy (non-hydrogen) atoms. The Balaban J connectivity index is 0.000000219. The topological polar surface area (TPSA) is 78.9 Å². The van der Waals surface area contributed by atoms with Crippen molar-refractivity contribution in [1.29, 1.82) is 0 Å². The summed E-state index contributed by atoms with van der Waals surface area (Å²) in [6, 6.07) is 0. The highest BCUT2D eigenvalue weighted by Gasteiger charge is 2.57. The zero-order chi connectivity index (χ0) is 16.5. The summed E-state index contributed by atoms with van der Waals surface area (Å²) in [6.07, 6.45) is -4.87. The molecular formula is C12H19F3N2O4. The van der Waals surface area contributed by atoms with E-state index in [1.807, 2.05) is 0 Å². The summed E-state index contributed by atoms with van der Waals surface area (Å²) in [5, 5.41) is 10.9. The molecule has 0 radical (unpaired) electrons. The van der Waals surface area contributed by atoms with Gasteiger partial charge >= 0.3 is 12.3 Å². The van der Waals surface area contributed by atoms with Crippen molar-refractivity contribution in [2.24, 2.45) is 0 Å². The van der Waals surface area contributed by atoms with E-state index in [0.717, 1.165) is 0 Å². The molecule has 0 aromatic carbocycles. The normalized spacial score (nSPS) is 20.7. The molecule has 2 saturated heterocycles. The third kappa shape index (κ3) is 4.85. The van der Waals surface area contributed by atoms with Crippen LogP contribution >= 0.6 is 0 Å². The van der Waals surface area contributed by atoms with Crippen molar-refractivity contribution in [3.05, 3.63) is 0 Å². The van der Waals surface area contributed by atoms with Crippen molar-refractivity contribution in [2.75, 3.05) is 26.2 Å². The lowest BCUT2D eigenvalue weighted by Crippen LogP contribution is -2.67. The number of hydrogen-bond donors (Lipinski definition) is 2. The number of Topliss-reactive ketones (excluding diaryl/α,β-unsaturated/α-hetero) is 1. The smallest absolute Gasteiger partial charge is 0.419 e. The highest BCUT2D eigenvalue weighted by molar-refractivity contribution is 5.94. The molecule has 0 aliphatic carbocycles. The maximum Gasteiger partial charge on any atom is 0.419 e. The van der Waals surface area contributed by atoms with E-state index in [4.69, 9.17) is 9.84 Å². The summed E-state index contributed by atoms with van der Waals surface area (Å²) < 4.78 is 39.8. The zero-order valence-corrected chi connectivity index (χ0v) is 12.1. The first-order valence-electron chi connectivity index (χ1n) is 6.33. The molecule has 1 amide bonds. The van der Waals surface area contributed by atoms with E-state index in [0.29, 0.717) is 0 Å². The fourth-order valence-corrected chi connectivity index (χ4v) is 1.40. The molecule has 122 valence electrons. The summed E-state index contributed by atoms with van der Waals surface area (Å²) in [5.74, 6) is 0.0841. The van der Waals surface area contributed by atoms with Crippen molar-refractivity contribution in [3.63, 3.8) is 0 Å². The van der Waals surface area contributed by atoms with Gasteiger partial charge in [-0.2, -0.15) is 13.2 Å². The van der Waals surface area contributed by atoms with Crippen LogP contribution in [0, 0.1) is 0 Å². The molecule has 0 saturated carbocycles. The molecule has 0 aromatic rings. The number of rotatable bonds is 0. The van der Waals surface area contributed by atoms with Gasteiger partial charge in [-0.25, -0.2) is 4.79 Å². The molecule has 6 nitrogen and oxygen atoms in total. The van der Waals surface area contributed by atoms with E-state index in [9.17, 15) is 22.8 Å². The Morgan fingerprint density at radius 3 is 1.95 bits per heavy atom. The predicted octanol–water partition coefficient (Wildman–Crippen LogP) is 0.689. The first-order valence-corrected chi connectivity index (χ1v) is 6.33. The number of carbonyl (C=O) groups is 2. The highest BCUT2D eigenvalue weighted by atomic mass is 19.4. The lowest BCUT2D eigenvalue weighted by molar-refractivity contribution is -0.274. The molecule has 9 heteroatoms. The van der Waals surface area contributed by atoms with E-state index in [1.165, 1.54) is 4.90 Å². The van der Waals surface area contributed by atoms with Gasteiger partial charge in [0.2, 0.25) is 0 Å². The Morgan fingerprint density at radius 2 is 1.76 bits per heavy atom. The van der Waals surface area contributed by atoms with Crippen LogP contribution in [0.15, 0.2) is 0 Å². The summed E-state index contributed by atoms with van der Waals surface area (Å²) in [7, 11) is 0. The molecule has 0 unspecified atom stereocenters. The summed E-state index contributed by atoms with van der Waals surface area (Å²) in [4.78, 5) is 23.1. The third-order valence-corrected chi connectivity index (χ3v) is 2.75. The van der Waals surface area contributed by atoms with Crippen molar-refractivity contribution in [3.8, 4) is 0 Å². The second-order valence-corrected chi connectivity index (χ2v) is 6.01. The lowest BCUT2D eigenvalue weighted by Gasteiger charge is -2.38. The van der Waals surface area contributed by atoms with Crippen LogP contribution in [0.1, 0.15) is 20.8 Å². The number of nitrogens with one attached hydrogen (secondary N) is 1. The Kier molecular flexibility index (Phi) is 4.89. The van der Waals surface area contributed by atoms with Crippen LogP contribution in [0.2, 0.25) is 0 Å². The molecule has 2 aliphatic heterocycles. The van der Waals surface area contributed by atoms with Crippen LogP contribution in [0.3, 0.4) is 0 Å². The molecule has 0 bridgehead atoms. The maximum atomic E-state index is 11.6. The maximum absolute atomic E-state index is 11.6. The Bertz CT molecular complexity index is 406. The zero-order valence-electron chi connectivity index (χ0n) is 12.1. The Morgan fingerprint density at radius 1 is 1.29 bits per heavy atom. The monoisotopic (exact) mass is 312 g/mol. The SMILES string of the molecule is CC(C)(C)OC(=O)N1CC(=O)C1.OC1(C(F)(F)F)CNC1. The quantitative estimate of drug-likeness (QED) is 0.688. The lowest BCUT2D eigenvalue weighted by atomic mass is 9.97. The fourth-order valence-electron chi connectivity index (χ4n) is 1.40. The van der Waals surface area contributed by atoms with E-state index in [1.54, 1.807) is 20.8 Å². The van der Waals surface area contributed by atoms with Gasteiger partial charge in [0.25, 0.3) is 0 Å².